The van der Waals surface area contributed by atoms with Crippen molar-refractivity contribution in [3.63, 3.8) is 0 Å². The standard InChI is InChI=1S/C12H11BrFN3O/c1-12(2,7-18)17-6-9(14)11(16-17)10-8(13)4-3-5-15-10/h3-7H,1-2H3. The summed E-state index contributed by atoms with van der Waals surface area (Å²) >= 11 is 3.30. The number of aldehydes is 1. The monoisotopic (exact) mass is 311 g/mol. The molecule has 0 saturated heterocycles. The van der Waals surface area contributed by atoms with Crippen LogP contribution in [0.25, 0.3) is 11.4 Å². The molecule has 0 aliphatic carbocycles. The number of pyridine rings is 1. The molecule has 2 rings (SSSR count). The van der Waals surface area contributed by atoms with Gasteiger partial charge in [-0.2, -0.15) is 5.10 Å². The van der Waals surface area contributed by atoms with Gasteiger partial charge < -0.3 is 4.79 Å². The van der Waals surface area contributed by atoms with Crippen LogP contribution in [0.15, 0.2) is 29.0 Å². The Hall–Kier alpha value is -1.56. The molecular formula is C12H11BrFN3O. The Morgan fingerprint density at radius 1 is 1.44 bits per heavy atom. The Balaban J connectivity index is 2.55. The molecule has 0 radical (unpaired) electrons. The maximum absolute atomic E-state index is 13.9. The van der Waals surface area contributed by atoms with E-state index in [-0.39, 0.29) is 5.69 Å². The van der Waals surface area contributed by atoms with E-state index >= 15 is 0 Å². The fourth-order valence-corrected chi connectivity index (χ4v) is 1.87. The quantitative estimate of drug-likeness (QED) is 0.819. The number of nitrogens with zero attached hydrogens (tertiary/aromatic N) is 3. The molecule has 0 atom stereocenters. The van der Waals surface area contributed by atoms with Crippen molar-refractivity contribution in [1.29, 1.82) is 0 Å². The van der Waals surface area contributed by atoms with Gasteiger partial charge in [0, 0.05) is 10.7 Å². The summed E-state index contributed by atoms with van der Waals surface area (Å²) in [5.41, 5.74) is -0.353. The van der Waals surface area contributed by atoms with Gasteiger partial charge >= 0.3 is 0 Å². The lowest BCUT2D eigenvalue weighted by molar-refractivity contribution is -0.114. The molecule has 0 aliphatic rings. The highest BCUT2D eigenvalue weighted by atomic mass is 79.9. The predicted octanol–water partition coefficient (Wildman–Crippen LogP) is 2.78. The van der Waals surface area contributed by atoms with Crippen molar-refractivity contribution in [2.45, 2.75) is 19.4 Å². The lowest BCUT2D eigenvalue weighted by Crippen LogP contribution is -2.28. The summed E-state index contributed by atoms with van der Waals surface area (Å²) in [6.07, 6.45) is 3.48. The zero-order valence-corrected chi connectivity index (χ0v) is 11.5. The minimum atomic E-state index is -0.889. The molecular weight excluding hydrogens is 301 g/mol. The van der Waals surface area contributed by atoms with Gasteiger partial charge in [0.2, 0.25) is 0 Å². The molecule has 94 valence electrons. The van der Waals surface area contributed by atoms with E-state index < -0.39 is 11.4 Å². The van der Waals surface area contributed by atoms with Crippen LogP contribution < -0.4 is 0 Å². The second-order valence-electron chi connectivity index (χ2n) is 4.38. The van der Waals surface area contributed by atoms with Crippen molar-refractivity contribution >= 4 is 22.2 Å². The molecule has 4 nitrogen and oxygen atoms in total. The van der Waals surface area contributed by atoms with E-state index in [2.05, 4.69) is 26.0 Å². The smallest absolute Gasteiger partial charge is 0.170 e. The second-order valence-corrected chi connectivity index (χ2v) is 5.23. The molecule has 0 aromatic carbocycles. The molecule has 0 aliphatic heterocycles. The van der Waals surface area contributed by atoms with Crippen molar-refractivity contribution in [3.05, 3.63) is 34.8 Å². The molecule has 0 spiro atoms. The van der Waals surface area contributed by atoms with E-state index in [0.29, 0.717) is 10.2 Å². The van der Waals surface area contributed by atoms with Gasteiger partial charge in [0.15, 0.2) is 5.82 Å². The van der Waals surface area contributed by atoms with E-state index in [1.54, 1.807) is 32.2 Å². The lowest BCUT2D eigenvalue weighted by atomic mass is 10.1. The maximum atomic E-state index is 13.9. The Morgan fingerprint density at radius 2 is 2.17 bits per heavy atom. The van der Waals surface area contributed by atoms with Crippen LogP contribution in [0, 0.1) is 5.82 Å². The van der Waals surface area contributed by atoms with Gasteiger partial charge in [0.1, 0.15) is 23.2 Å². The first kappa shape index (κ1) is 12.9. The maximum Gasteiger partial charge on any atom is 0.170 e. The van der Waals surface area contributed by atoms with Crippen LogP contribution in [0.2, 0.25) is 0 Å². The van der Waals surface area contributed by atoms with Crippen molar-refractivity contribution in [3.8, 4) is 11.4 Å². The number of halogens is 2. The average Bonchev–Trinajstić information content (AvgIpc) is 2.73. The Labute approximate surface area is 112 Å². The largest absolute Gasteiger partial charge is 0.301 e. The number of hydrogen-bond acceptors (Lipinski definition) is 3. The third kappa shape index (κ3) is 2.20. The minimum Gasteiger partial charge on any atom is -0.301 e. The number of carbonyl (C=O) groups excluding carboxylic acids is 1. The summed E-state index contributed by atoms with van der Waals surface area (Å²) < 4.78 is 15.8. The highest BCUT2D eigenvalue weighted by Gasteiger charge is 2.24. The van der Waals surface area contributed by atoms with Crippen LogP contribution in [0.5, 0.6) is 0 Å². The van der Waals surface area contributed by atoms with Crippen LogP contribution in [0.3, 0.4) is 0 Å². The number of rotatable bonds is 3. The van der Waals surface area contributed by atoms with E-state index in [1.807, 2.05) is 0 Å². The summed E-state index contributed by atoms with van der Waals surface area (Å²) in [4.78, 5) is 15.0. The molecule has 18 heavy (non-hydrogen) atoms. The summed E-state index contributed by atoms with van der Waals surface area (Å²) in [6, 6.07) is 3.49. The number of aromatic nitrogens is 3. The van der Waals surface area contributed by atoms with Gasteiger partial charge in [0.25, 0.3) is 0 Å². The summed E-state index contributed by atoms with van der Waals surface area (Å²) in [6.45, 7) is 3.31. The van der Waals surface area contributed by atoms with Gasteiger partial charge in [-0.1, -0.05) is 0 Å². The topological polar surface area (TPSA) is 47.8 Å². The Bertz CT molecular complexity index is 595. The summed E-state index contributed by atoms with van der Waals surface area (Å²) in [7, 11) is 0. The van der Waals surface area contributed by atoms with E-state index in [1.165, 1.54) is 10.9 Å². The predicted molar refractivity (Wildman–Crippen MR) is 68.5 cm³/mol. The third-order valence-electron chi connectivity index (χ3n) is 2.53. The zero-order valence-electron chi connectivity index (χ0n) is 9.89. The van der Waals surface area contributed by atoms with Gasteiger partial charge in [-0.25, -0.2) is 4.39 Å². The van der Waals surface area contributed by atoms with Crippen molar-refractivity contribution < 1.29 is 9.18 Å². The fourth-order valence-electron chi connectivity index (χ4n) is 1.42. The molecule has 2 aromatic heterocycles. The summed E-state index contributed by atoms with van der Waals surface area (Å²) in [5.74, 6) is -0.510. The van der Waals surface area contributed by atoms with E-state index in [4.69, 9.17) is 0 Å². The van der Waals surface area contributed by atoms with E-state index in [0.717, 1.165) is 6.29 Å². The van der Waals surface area contributed by atoms with Crippen LogP contribution in [-0.2, 0) is 10.3 Å². The van der Waals surface area contributed by atoms with Gasteiger partial charge in [-0.15, -0.1) is 0 Å². The fraction of sp³-hybridized carbons (Fsp3) is 0.250. The van der Waals surface area contributed by atoms with Gasteiger partial charge in [-0.05, 0) is 41.9 Å². The molecule has 0 amide bonds. The molecule has 0 unspecified atom stereocenters. The Morgan fingerprint density at radius 3 is 2.78 bits per heavy atom. The zero-order chi connectivity index (χ0) is 13.3. The molecule has 0 fully saturated rings. The molecule has 6 heteroatoms. The average molecular weight is 312 g/mol. The lowest BCUT2D eigenvalue weighted by Gasteiger charge is -2.16. The first-order valence-corrected chi connectivity index (χ1v) is 6.08. The second kappa shape index (κ2) is 4.61. The van der Waals surface area contributed by atoms with E-state index in [9.17, 15) is 9.18 Å². The van der Waals surface area contributed by atoms with Crippen molar-refractivity contribution in [1.82, 2.24) is 14.8 Å². The summed E-state index contributed by atoms with van der Waals surface area (Å²) in [5, 5.41) is 4.10. The molecule has 0 N–H and O–H groups in total. The SMILES string of the molecule is CC(C)(C=O)n1cc(F)c(-c2ncccc2Br)n1. The van der Waals surface area contributed by atoms with Crippen LogP contribution >= 0.6 is 15.9 Å². The molecule has 0 bridgehead atoms. The first-order valence-electron chi connectivity index (χ1n) is 5.28. The van der Waals surface area contributed by atoms with Gasteiger partial charge in [-0.3, -0.25) is 9.67 Å². The normalized spacial score (nSPS) is 11.6. The first-order chi connectivity index (χ1) is 8.45. The molecule has 2 heterocycles. The van der Waals surface area contributed by atoms with Crippen molar-refractivity contribution in [2.24, 2.45) is 0 Å². The highest BCUT2D eigenvalue weighted by Crippen LogP contribution is 2.27. The van der Waals surface area contributed by atoms with Crippen molar-refractivity contribution in [2.75, 3.05) is 0 Å². The van der Waals surface area contributed by atoms with Crippen LogP contribution in [0.1, 0.15) is 13.8 Å². The Kier molecular flexibility index (Phi) is 3.30. The highest BCUT2D eigenvalue weighted by molar-refractivity contribution is 9.10. The number of carbonyl (C=O) groups is 1. The third-order valence-corrected chi connectivity index (χ3v) is 3.17. The number of hydrogen-bond donors (Lipinski definition) is 0. The van der Waals surface area contributed by atoms with Gasteiger partial charge in [0.05, 0.1) is 6.20 Å². The molecule has 0 saturated carbocycles. The van der Waals surface area contributed by atoms with Crippen LogP contribution in [0.4, 0.5) is 4.39 Å². The van der Waals surface area contributed by atoms with Crippen LogP contribution in [-0.4, -0.2) is 21.1 Å². The minimum absolute atomic E-state index is 0.123. The molecule has 2 aromatic rings.